The van der Waals surface area contributed by atoms with Crippen LogP contribution in [0.3, 0.4) is 0 Å². The maximum atomic E-state index is 13.1. The Kier molecular flexibility index (Phi) is 4.13. The quantitative estimate of drug-likeness (QED) is 0.696. The fraction of sp³-hybridized carbons (Fsp3) is 0.375. The van der Waals surface area contributed by atoms with Crippen LogP contribution in [0.4, 0.5) is 4.39 Å². The second-order valence-electron chi connectivity index (χ2n) is 2.77. The lowest BCUT2D eigenvalue weighted by Crippen LogP contribution is -2.27. The molecule has 0 saturated carbocycles. The largest absolute Gasteiger partial charge is 0.396 e. The molecule has 0 saturated heterocycles. The fourth-order valence-corrected chi connectivity index (χ4v) is 2.00. The molecular weight excluding hydrogens is 223 g/mol. The van der Waals surface area contributed by atoms with E-state index in [0.717, 1.165) is 6.07 Å². The van der Waals surface area contributed by atoms with Gasteiger partial charge in [-0.15, -0.1) is 0 Å². The van der Waals surface area contributed by atoms with Crippen LogP contribution in [-0.2, 0) is 10.0 Å². The highest BCUT2D eigenvalue weighted by Gasteiger charge is 2.19. The molecule has 2 N–H and O–H groups in total. The first-order valence-electron chi connectivity index (χ1n) is 4.29. The number of aliphatic hydroxyl groups excluding tert-OH is 1. The second kappa shape index (κ2) is 5.15. The van der Waals surface area contributed by atoms with Gasteiger partial charge in [0.1, 0.15) is 0 Å². The third kappa shape index (κ3) is 3.22. The van der Waals surface area contributed by atoms with Crippen molar-refractivity contribution in [2.45, 2.75) is 11.4 Å². The van der Waals surface area contributed by atoms with Gasteiger partial charge in [-0.3, -0.25) is 0 Å². The molecule has 1 heterocycles. The van der Waals surface area contributed by atoms with Crippen molar-refractivity contribution in [3.05, 3.63) is 24.1 Å². The van der Waals surface area contributed by atoms with E-state index in [1.54, 1.807) is 0 Å². The zero-order valence-corrected chi connectivity index (χ0v) is 8.67. The Labute approximate surface area is 87.0 Å². The Morgan fingerprint density at radius 1 is 1.53 bits per heavy atom. The zero-order valence-electron chi connectivity index (χ0n) is 7.85. The van der Waals surface area contributed by atoms with Crippen molar-refractivity contribution in [2.24, 2.45) is 0 Å². The summed E-state index contributed by atoms with van der Waals surface area (Å²) in [5.41, 5.74) is 0. The molecule has 0 aliphatic carbocycles. The number of pyridine rings is 1. The van der Waals surface area contributed by atoms with Crippen LogP contribution in [0.15, 0.2) is 23.4 Å². The van der Waals surface area contributed by atoms with Crippen LogP contribution >= 0.6 is 0 Å². The van der Waals surface area contributed by atoms with E-state index in [0.29, 0.717) is 0 Å². The van der Waals surface area contributed by atoms with Gasteiger partial charge in [0, 0.05) is 19.3 Å². The molecule has 0 atom stereocenters. The standard InChI is InChI=1S/C8H11FN2O3S/c9-7-3-1-4-10-8(7)15(13,14)11-5-2-6-12/h1,3-4,11-12H,2,5-6H2. The van der Waals surface area contributed by atoms with Gasteiger partial charge in [-0.2, -0.15) is 0 Å². The van der Waals surface area contributed by atoms with Gasteiger partial charge < -0.3 is 5.11 Å². The Balaban J connectivity index is 2.83. The number of aromatic nitrogens is 1. The number of nitrogens with zero attached hydrogens (tertiary/aromatic N) is 1. The van der Waals surface area contributed by atoms with Gasteiger partial charge in [0.2, 0.25) is 5.03 Å². The smallest absolute Gasteiger partial charge is 0.261 e. The number of hydrogen-bond acceptors (Lipinski definition) is 4. The van der Waals surface area contributed by atoms with E-state index in [1.807, 2.05) is 0 Å². The van der Waals surface area contributed by atoms with E-state index in [1.165, 1.54) is 12.3 Å². The van der Waals surface area contributed by atoms with Crippen molar-refractivity contribution >= 4 is 10.0 Å². The van der Waals surface area contributed by atoms with Crippen LogP contribution in [0.25, 0.3) is 0 Å². The molecule has 0 aliphatic rings. The highest BCUT2D eigenvalue weighted by Crippen LogP contribution is 2.09. The minimum absolute atomic E-state index is 0.0504. The number of hydrogen-bond donors (Lipinski definition) is 2. The molecule has 0 aromatic carbocycles. The number of halogens is 1. The third-order valence-electron chi connectivity index (χ3n) is 1.61. The molecule has 0 aliphatic heterocycles. The lowest BCUT2D eigenvalue weighted by atomic mass is 10.5. The summed E-state index contributed by atoms with van der Waals surface area (Å²) in [7, 11) is -3.91. The molecule has 7 heteroatoms. The van der Waals surface area contributed by atoms with Crippen LogP contribution in [0.2, 0.25) is 0 Å². The van der Waals surface area contributed by atoms with Gasteiger partial charge in [0.25, 0.3) is 10.0 Å². The highest BCUT2D eigenvalue weighted by atomic mass is 32.2. The lowest BCUT2D eigenvalue weighted by Gasteiger charge is -2.05. The monoisotopic (exact) mass is 234 g/mol. The van der Waals surface area contributed by atoms with Gasteiger partial charge in [0.05, 0.1) is 0 Å². The molecule has 0 unspecified atom stereocenters. The maximum Gasteiger partial charge on any atom is 0.261 e. The Morgan fingerprint density at radius 3 is 2.87 bits per heavy atom. The summed E-state index contributed by atoms with van der Waals surface area (Å²) >= 11 is 0. The predicted molar refractivity (Wildman–Crippen MR) is 51.1 cm³/mol. The van der Waals surface area contributed by atoms with Gasteiger partial charge in [-0.25, -0.2) is 22.5 Å². The summed E-state index contributed by atoms with van der Waals surface area (Å²) in [5, 5.41) is 7.84. The SMILES string of the molecule is O=S(=O)(NCCCO)c1ncccc1F. The number of nitrogens with one attached hydrogen (secondary N) is 1. The summed E-state index contributed by atoms with van der Waals surface area (Å²) in [6.45, 7) is -0.0813. The topological polar surface area (TPSA) is 79.3 Å². The van der Waals surface area contributed by atoms with Crippen LogP contribution < -0.4 is 4.72 Å². The molecule has 5 nitrogen and oxygen atoms in total. The summed E-state index contributed by atoms with van der Waals surface area (Å²) < 4.78 is 38.1. The zero-order chi connectivity index (χ0) is 11.3. The molecule has 0 spiro atoms. The molecule has 0 amide bonds. The van der Waals surface area contributed by atoms with Crippen molar-refractivity contribution in [3.8, 4) is 0 Å². The summed E-state index contributed by atoms with van der Waals surface area (Å²) in [6, 6.07) is 2.33. The normalized spacial score (nSPS) is 11.6. The average molecular weight is 234 g/mol. The lowest BCUT2D eigenvalue weighted by molar-refractivity contribution is 0.289. The first kappa shape index (κ1) is 12.0. The average Bonchev–Trinajstić information content (AvgIpc) is 2.18. The third-order valence-corrected chi connectivity index (χ3v) is 3.00. The van der Waals surface area contributed by atoms with Gasteiger partial charge in [-0.1, -0.05) is 0 Å². The van der Waals surface area contributed by atoms with E-state index in [4.69, 9.17) is 5.11 Å². The molecule has 0 bridgehead atoms. The van der Waals surface area contributed by atoms with Crippen LogP contribution in [0, 0.1) is 5.82 Å². The van der Waals surface area contributed by atoms with Crippen molar-refractivity contribution in [1.82, 2.24) is 9.71 Å². The van der Waals surface area contributed by atoms with Crippen LogP contribution in [0.5, 0.6) is 0 Å². The van der Waals surface area contributed by atoms with Gasteiger partial charge in [-0.05, 0) is 18.6 Å². The van der Waals surface area contributed by atoms with Crippen molar-refractivity contribution in [3.63, 3.8) is 0 Å². The van der Waals surface area contributed by atoms with Crippen molar-refractivity contribution in [2.75, 3.05) is 13.2 Å². The fourth-order valence-electron chi connectivity index (χ4n) is 0.923. The van der Waals surface area contributed by atoms with E-state index in [-0.39, 0.29) is 19.6 Å². The second-order valence-corrected chi connectivity index (χ2v) is 4.45. The molecule has 84 valence electrons. The highest BCUT2D eigenvalue weighted by molar-refractivity contribution is 7.89. The van der Waals surface area contributed by atoms with E-state index >= 15 is 0 Å². The van der Waals surface area contributed by atoms with Crippen molar-refractivity contribution in [1.29, 1.82) is 0 Å². The minimum atomic E-state index is -3.91. The Hall–Kier alpha value is -1.05. The number of rotatable bonds is 5. The molecule has 1 rings (SSSR count). The van der Waals surface area contributed by atoms with Crippen LogP contribution in [-0.4, -0.2) is 31.7 Å². The minimum Gasteiger partial charge on any atom is -0.396 e. The van der Waals surface area contributed by atoms with Gasteiger partial charge >= 0.3 is 0 Å². The van der Waals surface area contributed by atoms with E-state index < -0.39 is 20.9 Å². The van der Waals surface area contributed by atoms with Crippen molar-refractivity contribution < 1.29 is 17.9 Å². The predicted octanol–water partition coefficient (Wildman–Crippen LogP) is -0.119. The molecule has 15 heavy (non-hydrogen) atoms. The summed E-state index contributed by atoms with van der Waals surface area (Å²) in [5.74, 6) is -0.894. The van der Waals surface area contributed by atoms with E-state index in [2.05, 4.69) is 9.71 Å². The molecule has 1 aromatic rings. The Bertz CT molecular complexity index is 422. The maximum absolute atomic E-state index is 13.1. The first-order chi connectivity index (χ1) is 7.08. The van der Waals surface area contributed by atoms with E-state index in [9.17, 15) is 12.8 Å². The number of sulfonamides is 1. The number of aliphatic hydroxyl groups is 1. The summed E-state index contributed by atoms with van der Waals surface area (Å²) in [6.07, 6.45) is 1.47. The Morgan fingerprint density at radius 2 is 2.27 bits per heavy atom. The summed E-state index contributed by atoms with van der Waals surface area (Å²) in [4.78, 5) is 3.44. The molecule has 0 radical (unpaired) electrons. The van der Waals surface area contributed by atoms with Crippen LogP contribution in [0.1, 0.15) is 6.42 Å². The molecule has 1 aromatic heterocycles. The molecule has 0 fully saturated rings. The van der Waals surface area contributed by atoms with Gasteiger partial charge in [0.15, 0.2) is 5.82 Å². The molecular formula is C8H11FN2O3S. The first-order valence-corrected chi connectivity index (χ1v) is 5.77.